The van der Waals surface area contributed by atoms with Crippen LogP contribution in [0.3, 0.4) is 0 Å². The third kappa shape index (κ3) is 7.03. The van der Waals surface area contributed by atoms with Crippen molar-refractivity contribution in [2.45, 2.75) is 20.4 Å². The fraction of sp³-hybridized carbons (Fsp3) is 0.276. The number of nitrogens with zero attached hydrogens (tertiary/aromatic N) is 2. The van der Waals surface area contributed by atoms with Gasteiger partial charge in [-0.1, -0.05) is 42.0 Å². The average Bonchev–Trinajstić information content (AvgIpc) is 2.92. The highest BCUT2D eigenvalue weighted by Gasteiger charge is 2.25. The van der Waals surface area contributed by atoms with Gasteiger partial charge in [0.15, 0.2) is 6.61 Å². The lowest BCUT2D eigenvalue weighted by molar-refractivity contribution is -0.144. The van der Waals surface area contributed by atoms with Crippen molar-refractivity contribution >= 4 is 23.7 Å². The zero-order chi connectivity index (χ0) is 26.9. The normalized spacial score (nSPS) is 12.3. The molecule has 4 rings (SSSR count). The van der Waals surface area contributed by atoms with E-state index in [1.807, 2.05) is 55.5 Å². The lowest BCUT2D eigenvalue weighted by Crippen LogP contribution is -2.41. The van der Waals surface area contributed by atoms with E-state index in [0.717, 1.165) is 16.8 Å². The molecule has 0 bridgehead atoms. The van der Waals surface area contributed by atoms with Gasteiger partial charge in [-0.25, -0.2) is 4.79 Å². The van der Waals surface area contributed by atoms with Gasteiger partial charge in [0.05, 0.1) is 18.8 Å². The number of ether oxygens (including phenoxy) is 4. The van der Waals surface area contributed by atoms with E-state index in [1.165, 1.54) is 4.90 Å². The summed E-state index contributed by atoms with van der Waals surface area (Å²) in [7, 11) is 0. The van der Waals surface area contributed by atoms with E-state index in [-0.39, 0.29) is 38.8 Å². The summed E-state index contributed by atoms with van der Waals surface area (Å²) < 4.78 is 21.8. The van der Waals surface area contributed by atoms with Gasteiger partial charge in [0.2, 0.25) is 0 Å². The summed E-state index contributed by atoms with van der Waals surface area (Å²) in [5.74, 6) is 1.03. The van der Waals surface area contributed by atoms with Crippen molar-refractivity contribution < 1.29 is 33.3 Å². The summed E-state index contributed by atoms with van der Waals surface area (Å²) in [6.07, 6.45) is -0.655. The molecule has 9 nitrogen and oxygen atoms in total. The maximum Gasteiger partial charge on any atom is 0.416 e. The zero-order valence-corrected chi connectivity index (χ0v) is 21.4. The molecule has 1 aliphatic heterocycles. The third-order valence-corrected chi connectivity index (χ3v) is 5.80. The molecule has 0 aliphatic carbocycles. The van der Waals surface area contributed by atoms with Gasteiger partial charge >= 0.3 is 12.1 Å². The van der Waals surface area contributed by atoms with Crippen LogP contribution in [0.2, 0.25) is 0 Å². The Kier molecular flexibility index (Phi) is 8.81. The van der Waals surface area contributed by atoms with E-state index in [1.54, 1.807) is 36.1 Å². The number of benzene rings is 3. The van der Waals surface area contributed by atoms with Gasteiger partial charge in [-0.3, -0.25) is 14.5 Å². The first-order valence-electron chi connectivity index (χ1n) is 12.4. The molecule has 2 amide bonds. The second kappa shape index (κ2) is 12.6. The molecule has 0 fully saturated rings. The number of amides is 2. The van der Waals surface area contributed by atoms with Crippen LogP contribution in [0.25, 0.3) is 0 Å². The summed E-state index contributed by atoms with van der Waals surface area (Å²) in [4.78, 5) is 40.2. The predicted octanol–water partition coefficient (Wildman–Crippen LogP) is 4.36. The van der Waals surface area contributed by atoms with E-state index < -0.39 is 12.1 Å². The summed E-state index contributed by atoms with van der Waals surface area (Å²) in [6, 6.07) is 21.6. The number of carbonyl (C=O) groups is 3. The van der Waals surface area contributed by atoms with Crippen molar-refractivity contribution in [3.05, 3.63) is 83.9 Å². The van der Waals surface area contributed by atoms with E-state index in [9.17, 15) is 14.4 Å². The number of anilines is 1. The smallest absolute Gasteiger partial charge is 0.416 e. The lowest BCUT2D eigenvalue weighted by atomic mass is 10.2. The van der Waals surface area contributed by atoms with Crippen LogP contribution >= 0.6 is 0 Å². The summed E-state index contributed by atoms with van der Waals surface area (Å²) >= 11 is 0. The van der Waals surface area contributed by atoms with Gasteiger partial charge in [-0.2, -0.15) is 0 Å². The van der Waals surface area contributed by atoms with Crippen LogP contribution in [-0.4, -0.2) is 55.8 Å². The monoisotopic (exact) mass is 518 g/mol. The lowest BCUT2D eigenvalue weighted by Gasteiger charge is -2.29. The number of rotatable bonds is 10. The third-order valence-electron chi connectivity index (χ3n) is 5.80. The molecular weight excluding hydrogens is 488 g/mol. The maximum atomic E-state index is 12.8. The Morgan fingerprint density at radius 1 is 0.974 bits per heavy atom. The zero-order valence-electron chi connectivity index (χ0n) is 21.4. The first kappa shape index (κ1) is 26.5. The molecule has 3 aromatic carbocycles. The average molecular weight is 519 g/mol. The van der Waals surface area contributed by atoms with Crippen LogP contribution in [0, 0.1) is 6.92 Å². The Balaban J connectivity index is 1.35. The van der Waals surface area contributed by atoms with Crippen molar-refractivity contribution in [1.82, 2.24) is 4.90 Å². The Morgan fingerprint density at radius 3 is 2.42 bits per heavy atom. The highest BCUT2D eigenvalue weighted by atomic mass is 16.6. The van der Waals surface area contributed by atoms with Crippen molar-refractivity contribution in [2.24, 2.45) is 0 Å². The van der Waals surface area contributed by atoms with Crippen LogP contribution in [0.4, 0.5) is 10.5 Å². The predicted molar refractivity (Wildman–Crippen MR) is 140 cm³/mol. The minimum absolute atomic E-state index is 0.000354. The van der Waals surface area contributed by atoms with Crippen LogP contribution in [0.15, 0.2) is 72.8 Å². The summed E-state index contributed by atoms with van der Waals surface area (Å²) in [5, 5.41) is 0. The number of hydrogen-bond donors (Lipinski definition) is 0. The van der Waals surface area contributed by atoms with Gasteiger partial charge in [0, 0.05) is 6.54 Å². The molecule has 0 saturated carbocycles. The molecule has 198 valence electrons. The van der Waals surface area contributed by atoms with Gasteiger partial charge in [0.1, 0.15) is 30.4 Å². The molecule has 0 unspecified atom stereocenters. The van der Waals surface area contributed by atoms with Crippen LogP contribution in [0.5, 0.6) is 17.2 Å². The maximum absolute atomic E-state index is 12.8. The minimum atomic E-state index is -0.655. The summed E-state index contributed by atoms with van der Waals surface area (Å²) in [5.41, 5.74) is 2.54. The first-order valence-corrected chi connectivity index (χ1v) is 12.4. The minimum Gasteiger partial charge on any atom is -0.492 e. The van der Waals surface area contributed by atoms with E-state index >= 15 is 0 Å². The quantitative estimate of drug-likeness (QED) is 0.368. The molecule has 1 heterocycles. The second-order valence-electron chi connectivity index (χ2n) is 8.64. The van der Waals surface area contributed by atoms with Crippen LogP contribution < -0.4 is 19.1 Å². The molecule has 3 aromatic rings. The van der Waals surface area contributed by atoms with E-state index in [0.29, 0.717) is 23.8 Å². The molecule has 9 heteroatoms. The molecule has 1 aliphatic rings. The van der Waals surface area contributed by atoms with Crippen molar-refractivity contribution in [3.8, 4) is 17.2 Å². The number of aryl methyl sites for hydroxylation is 1. The highest BCUT2D eigenvalue weighted by molar-refractivity contribution is 5.97. The number of hydrogen-bond acceptors (Lipinski definition) is 7. The molecule has 0 atom stereocenters. The number of fused-ring (bicyclic) bond motifs is 1. The number of carbonyl (C=O) groups excluding carboxylic acids is 3. The van der Waals surface area contributed by atoms with E-state index in [2.05, 4.69) is 0 Å². The first-order chi connectivity index (χ1) is 18.4. The molecule has 0 N–H and O–H groups in total. The fourth-order valence-corrected chi connectivity index (χ4v) is 3.88. The second-order valence-corrected chi connectivity index (χ2v) is 8.64. The number of para-hydroxylation sites is 2. The Bertz CT molecular complexity index is 1260. The molecule has 0 saturated heterocycles. The Labute approximate surface area is 221 Å². The Morgan fingerprint density at radius 2 is 1.68 bits per heavy atom. The van der Waals surface area contributed by atoms with Crippen LogP contribution in [0.1, 0.15) is 18.1 Å². The molecule has 0 aromatic heterocycles. The van der Waals surface area contributed by atoms with Crippen molar-refractivity contribution in [3.63, 3.8) is 0 Å². The largest absolute Gasteiger partial charge is 0.492 e. The van der Waals surface area contributed by atoms with Gasteiger partial charge in [0.25, 0.3) is 5.91 Å². The van der Waals surface area contributed by atoms with Gasteiger partial charge in [-0.15, -0.1) is 0 Å². The molecule has 38 heavy (non-hydrogen) atoms. The summed E-state index contributed by atoms with van der Waals surface area (Å²) in [6.45, 7) is 4.42. The topological polar surface area (TPSA) is 94.6 Å². The standard InChI is InChI=1S/C29H30N2O7/c1-3-35-28(33)19-30(29(34)38-24-12-8-21(2)9-13-24)18-22-10-14-23(15-11-22)36-17-16-31-25-6-4-5-7-26(25)37-20-27(31)32/h4-15H,3,16-20H2,1-2H3. The van der Waals surface area contributed by atoms with E-state index in [4.69, 9.17) is 18.9 Å². The Hall–Kier alpha value is -4.53. The van der Waals surface area contributed by atoms with Crippen LogP contribution in [-0.2, 0) is 20.9 Å². The fourth-order valence-electron chi connectivity index (χ4n) is 3.88. The SMILES string of the molecule is CCOC(=O)CN(Cc1ccc(OCCN2C(=O)COc3ccccc32)cc1)C(=O)Oc1ccc(C)cc1. The van der Waals surface area contributed by atoms with Crippen molar-refractivity contribution in [2.75, 3.05) is 37.8 Å². The molecule has 0 spiro atoms. The van der Waals surface area contributed by atoms with Crippen molar-refractivity contribution in [1.29, 1.82) is 0 Å². The van der Waals surface area contributed by atoms with Gasteiger partial charge < -0.3 is 23.8 Å². The molecule has 0 radical (unpaired) electrons. The molecular formula is C29H30N2O7. The highest BCUT2D eigenvalue weighted by Crippen LogP contribution is 2.31. The van der Waals surface area contributed by atoms with Gasteiger partial charge in [-0.05, 0) is 55.8 Å². The number of esters is 1.